The van der Waals surface area contributed by atoms with E-state index >= 15 is 0 Å². The van der Waals surface area contributed by atoms with Crippen LogP contribution in [0.25, 0.3) is 0 Å². The van der Waals surface area contributed by atoms with Crippen LogP contribution in [0.1, 0.15) is 85.5 Å². The second-order valence-electron chi connectivity index (χ2n) is 13.0. The number of cyclic esters (lactones) is 4. The molecule has 4 heterocycles. The van der Waals surface area contributed by atoms with Gasteiger partial charge in [-0.15, -0.1) is 0 Å². The molecule has 5 aliphatic rings. The number of hydrogen-bond acceptors (Lipinski definition) is 16. The van der Waals surface area contributed by atoms with E-state index in [1.54, 1.807) is 6.92 Å². The molecule has 4 saturated heterocycles. The zero-order chi connectivity index (χ0) is 38.6. The third-order valence-corrected chi connectivity index (χ3v) is 8.94. The molecule has 0 amide bonds. The van der Waals surface area contributed by atoms with Gasteiger partial charge in [-0.2, -0.15) is 0 Å². The smallest absolute Gasteiger partial charge is 0.348 e. The zero-order valence-corrected chi connectivity index (χ0v) is 29.5. The van der Waals surface area contributed by atoms with Crippen LogP contribution in [0.4, 0.5) is 0 Å². The minimum absolute atomic E-state index is 0.0345. The second kappa shape index (κ2) is 15.0. The van der Waals surface area contributed by atoms with Crippen LogP contribution in [0, 0.1) is 0 Å². The maximum absolute atomic E-state index is 12.8. The summed E-state index contributed by atoms with van der Waals surface area (Å²) in [5, 5.41) is 0. The summed E-state index contributed by atoms with van der Waals surface area (Å²) < 4.78 is 42.8. The molecule has 16 heteroatoms. The number of carbonyl (C=O) groups is 8. The fraction of sp³-hybridized carbons (Fsp3) is 0.459. The number of carbonyl (C=O) groups excluding carboxylic acids is 8. The van der Waals surface area contributed by atoms with Crippen LogP contribution in [0.15, 0.2) is 70.9 Å². The average Bonchev–Trinajstić information content (AvgIpc) is 3.06. The van der Waals surface area contributed by atoms with E-state index < -0.39 is 76.5 Å². The van der Waals surface area contributed by atoms with Crippen molar-refractivity contribution in [1.29, 1.82) is 0 Å². The van der Waals surface area contributed by atoms with Crippen LogP contribution in [-0.2, 0) is 76.3 Å². The predicted molar refractivity (Wildman–Crippen MR) is 175 cm³/mol. The van der Waals surface area contributed by atoms with Crippen LogP contribution in [0.5, 0.6) is 0 Å². The van der Waals surface area contributed by atoms with Crippen molar-refractivity contribution in [2.45, 2.75) is 109 Å². The molecule has 2 spiro atoms. The van der Waals surface area contributed by atoms with Crippen molar-refractivity contribution in [2.24, 2.45) is 0 Å². The lowest BCUT2D eigenvalue weighted by molar-refractivity contribution is -0.291. The van der Waals surface area contributed by atoms with E-state index in [-0.39, 0.29) is 61.7 Å². The van der Waals surface area contributed by atoms with E-state index in [9.17, 15) is 38.4 Å². The molecule has 0 bridgehead atoms. The van der Waals surface area contributed by atoms with Crippen LogP contribution in [0.3, 0.4) is 0 Å². The Bertz CT molecular complexity index is 1730. The van der Waals surface area contributed by atoms with E-state index in [1.807, 2.05) is 6.92 Å². The maximum Gasteiger partial charge on any atom is 0.348 e. The lowest BCUT2D eigenvalue weighted by Crippen LogP contribution is -2.56. The van der Waals surface area contributed by atoms with Gasteiger partial charge in [-0.1, -0.05) is 50.3 Å². The molecule has 0 unspecified atom stereocenters. The Balaban J connectivity index is 1.11. The van der Waals surface area contributed by atoms with Crippen molar-refractivity contribution in [3.8, 4) is 0 Å². The summed E-state index contributed by atoms with van der Waals surface area (Å²) in [5.41, 5.74) is -1.36. The standard InChI is InChI=1S/C37H38O16/c1-5-17-35(4)48-28(40)23(29(41)49-35)14-10-8-12-16-25-32(44)52-37(53-33(25)45)20-18-36(19-21-37)50-30(42)24(31(43)51-36)15-11-7-9-13-22-26(38)46-34(3,6-2)47-27(22)39/h7-9,12-16H,5-6,10-11,17-21H2,1-4H3. The molecular formula is C37H38O16. The molecule has 4 aliphatic heterocycles. The second-order valence-corrected chi connectivity index (χ2v) is 13.0. The number of allylic oxidation sites excluding steroid dienone is 8. The Hall–Kier alpha value is -5.80. The molecule has 0 aromatic carbocycles. The fourth-order valence-corrected chi connectivity index (χ4v) is 5.90. The zero-order valence-electron chi connectivity index (χ0n) is 29.5. The first kappa shape index (κ1) is 38.4. The van der Waals surface area contributed by atoms with Gasteiger partial charge in [-0.3, -0.25) is 0 Å². The van der Waals surface area contributed by atoms with E-state index in [4.69, 9.17) is 37.9 Å². The summed E-state index contributed by atoms with van der Waals surface area (Å²) in [4.78, 5) is 100. The average molecular weight is 739 g/mol. The molecule has 16 nitrogen and oxygen atoms in total. The normalized spacial score (nSPS) is 30.3. The Morgan fingerprint density at radius 3 is 1.15 bits per heavy atom. The molecule has 0 N–H and O–H groups in total. The van der Waals surface area contributed by atoms with Gasteiger partial charge in [-0.05, 0) is 31.4 Å². The van der Waals surface area contributed by atoms with Crippen molar-refractivity contribution >= 4 is 47.8 Å². The van der Waals surface area contributed by atoms with E-state index in [1.165, 1.54) is 62.5 Å². The van der Waals surface area contributed by atoms with E-state index in [2.05, 4.69) is 0 Å². The summed E-state index contributed by atoms with van der Waals surface area (Å²) in [6.07, 6.45) is 11.4. The van der Waals surface area contributed by atoms with Gasteiger partial charge in [0.1, 0.15) is 22.3 Å². The maximum atomic E-state index is 12.8. The molecule has 5 fully saturated rings. The first-order chi connectivity index (χ1) is 25.0. The highest BCUT2D eigenvalue weighted by molar-refractivity contribution is 6.17. The molecular weight excluding hydrogens is 700 g/mol. The minimum atomic E-state index is -1.67. The third kappa shape index (κ3) is 8.47. The summed E-state index contributed by atoms with van der Waals surface area (Å²) in [6, 6.07) is 0. The van der Waals surface area contributed by atoms with Gasteiger partial charge >= 0.3 is 47.8 Å². The Morgan fingerprint density at radius 1 is 0.472 bits per heavy atom. The molecule has 0 atom stereocenters. The van der Waals surface area contributed by atoms with E-state index in [0.29, 0.717) is 12.8 Å². The van der Waals surface area contributed by atoms with Crippen LogP contribution < -0.4 is 0 Å². The van der Waals surface area contributed by atoms with Gasteiger partial charge in [0.2, 0.25) is 0 Å². The van der Waals surface area contributed by atoms with Gasteiger partial charge in [0, 0.05) is 52.4 Å². The number of esters is 8. The summed E-state index contributed by atoms with van der Waals surface area (Å²) in [7, 11) is 0. The Morgan fingerprint density at radius 2 is 0.792 bits per heavy atom. The molecule has 0 aromatic rings. The Labute approximate surface area is 303 Å². The molecule has 5 rings (SSSR count). The Kier molecular flexibility index (Phi) is 10.9. The lowest BCUT2D eigenvalue weighted by Gasteiger charge is -2.46. The molecule has 1 aliphatic carbocycles. The largest absolute Gasteiger partial charge is 0.419 e. The molecule has 1 saturated carbocycles. The molecule has 0 radical (unpaired) electrons. The summed E-state index contributed by atoms with van der Waals surface area (Å²) in [6.45, 7) is 6.53. The molecule has 0 aromatic heterocycles. The third-order valence-electron chi connectivity index (χ3n) is 8.94. The number of ether oxygens (including phenoxy) is 8. The highest BCUT2D eigenvalue weighted by Crippen LogP contribution is 2.45. The first-order valence-corrected chi connectivity index (χ1v) is 17.1. The van der Waals surface area contributed by atoms with Crippen molar-refractivity contribution in [3.63, 3.8) is 0 Å². The fourth-order valence-electron chi connectivity index (χ4n) is 5.90. The summed E-state index contributed by atoms with van der Waals surface area (Å²) in [5.74, 6) is -13.1. The SMILES string of the molecule is CCCC1(C)OC(=O)C(=CCC=CC=C2C(=O)OC3(CCC4(CC3)OC(=O)C(=CCC=CC=C3C(=O)OC(C)(CC)OC3=O)C(=O)O4)OC2=O)C(=O)O1. The van der Waals surface area contributed by atoms with Crippen molar-refractivity contribution in [2.75, 3.05) is 0 Å². The van der Waals surface area contributed by atoms with E-state index in [0.717, 1.165) is 0 Å². The topological polar surface area (TPSA) is 210 Å². The summed E-state index contributed by atoms with van der Waals surface area (Å²) >= 11 is 0. The van der Waals surface area contributed by atoms with Gasteiger partial charge in [0.15, 0.2) is 0 Å². The van der Waals surface area contributed by atoms with Crippen molar-refractivity contribution in [1.82, 2.24) is 0 Å². The lowest BCUT2D eigenvalue weighted by atomic mass is 9.87. The van der Waals surface area contributed by atoms with Crippen LogP contribution in [0.2, 0.25) is 0 Å². The van der Waals surface area contributed by atoms with Gasteiger partial charge in [-0.25, -0.2) is 38.4 Å². The predicted octanol–water partition coefficient (Wildman–Crippen LogP) is 3.59. The van der Waals surface area contributed by atoms with Crippen LogP contribution >= 0.6 is 0 Å². The van der Waals surface area contributed by atoms with Gasteiger partial charge in [0.05, 0.1) is 0 Å². The van der Waals surface area contributed by atoms with Crippen molar-refractivity contribution < 1.29 is 76.3 Å². The highest BCUT2D eigenvalue weighted by atomic mass is 16.8. The quantitative estimate of drug-likeness (QED) is 0.143. The van der Waals surface area contributed by atoms with Gasteiger partial charge < -0.3 is 37.9 Å². The molecule has 53 heavy (non-hydrogen) atoms. The van der Waals surface area contributed by atoms with Crippen LogP contribution in [-0.4, -0.2) is 70.9 Å². The monoisotopic (exact) mass is 738 g/mol. The minimum Gasteiger partial charge on any atom is -0.419 e. The first-order valence-electron chi connectivity index (χ1n) is 17.1. The highest BCUT2D eigenvalue weighted by Gasteiger charge is 2.57. The van der Waals surface area contributed by atoms with Gasteiger partial charge in [0.25, 0.3) is 23.1 Å². The van der Waals surface area contributed by atoms with Crippen molar-refractivity contribution in [3.05, 3.63) is 70.9 Å². The number of hydrogen-bond donors (Lipinski definition) is 0. The molecule has 282 valence electrons. The number of rotatable bonds is 9.